The summed E-state index contributed by atoms with van der Waals surface area (Å²) in [5.41, 5.74) is 5.20. The van der Waals surface area contributed by atoms with E-state index in [0.717, 1.165) is 24.8 Å². The molecule has 0 radical (unpaired) electrons. The number of furan rings is 1. The van der Waals surface area contributed by atoms with E-state index < -0.39 is 5.97 Å². The van der Waals surface area contributed by atoms with Gasteiger partial charge in [0.05, 0.1) is 17.9 Å². The van der Waals surface area contributed by atoms with Crippen molar-refractivity contribution in [1.29, 1.82) is 0 Å². The van der Waals surface area contributed by atoms with Crippen molar-refractivity contribution in [1.82, 2.24) is 10.4 Å². The molecule has 3 rings (SSSR count). The highest BCUT2D eigenvalue weighted by Gasteiger charge is 2.28. The summed E-state index contributed by atoms with van der Waals surface area (Å²) in [6, 6.07) is 3.36. The first kappa shape index (κ1) is 17.8. The van der Waals surface area contributed by atoms with Gasteiger partial charge in [-0.1, -0.05) is 6.92 Å². The minimum Gasteiger partial charge on any atom is -0.460 e. The number of nitrogens with one attached hydrogen (secondary N) is 1. The molecule has 26 heavy (non-hydrogen) atoms. The summed E-state index contributed by atoms with van der Waals surface area (Å²) in [5, 5.41) is 4.27. The number of nitrogens with zero attached hydrogens (tertiary/aromatic N) is 2. The van der Waals surface area contributed by atoms with Crippen LogP contribution in [0.5, 0.6) is 0 Å². The van der Waals surface area contributed by atoms with Crippen LogP contribution in [0.3, 0.4) is 0 Å². The number of fused-ring (bicyclic) bond motifs is 1. The molecule has 0 bridgehead atoms. The molecule has 0 fully saturated rings. The molecule has 0 saturated heterocycles. The van der Waals surface area contributed by atoms with Crippen LogP contribution in [-0.2, 0) is 11.2 Å². The minimum absolute atomic E-state index is 0.219. The van der Waals surface area contributed by atoms with Gasteiger partial charge in [0.15, 0.2) is 0 Å². The molecular weight excluding hydrogens is 334 g/mol. The number of rotatable bonds is 5. The van der Waals surface area contributed by atoms with Gasteiger partial charge in [0, 0.05) is 29.9 Å². The molecule has 2 heterocycles. The number of esters is 1. The van der Waals surface area contributed by atoms with Crippen LogP contribution in [0.25, 0.3) is 0 Å². The molecular formula is C19H21N3O4. The lowest BCUT2D eigenvalue weighted by molar-refractivity contribution is 0.0465. The van der Waals surface area contributed by atoms with Gasteiger partial charge in [-0.05, 0) is 38.3 Å². The van der Waals surface area contributed by atoms with Gasteiger partial charge in [-0.15, -0.1) is 0 Å². The smallest absolute Gasteiger partial charge is 0.374 e. The number of ether oxygens (including phenoxy) is 1. The monoisotopic (exact) mass is 355 g/mol. The van der Waals surface area contributed by atoms with E-state index >= 15 is 0 Å². The number of hydrogen-bond donors (Lipinski definition) is 1. The Morgan fingerprint density at radius 3 is 2.96 bits per heavy atom. The molecule has 0 aliphatic heterocycles. The van der Waals surface area contributed by atoms with Crippen LogP contribution in [0.4, 0.5) is 0 Å². The third kappa shape index (κ3) is 3.66. The fourth-order valence-electron chi connectivity index (χ4n) is 2.91. The van der Waals surface area contributed by atoms with Crippen molar-refractivity contribution in [2.45, 2.75) is 39.5 Å². The first-order chi connectivity index (χ1) is 12.6. The van der Waals surface area contributed by atoms with Crippen molar-refractivity contribution in [3.05, 3.63) is 52.7 Å². The van der Waals surface area contributed by atoms with Crippen molar-refractivity contribution in [2.75, 3.05) is 6.61 Å². The van der Waals surface area contributed by atoms with Gasteiger partial charge in [-0.25, -0.2) is 10.2 Å². The zero-order chi connectivity index (χ0) is 18.5. The Morgan fingerprint density at radius 1 is 1.38 bits per heavy atom. The van der Waals surface area contributed by atoms with Crippen LogP contribution in [-0.4, -0.2) is 29.2 Å². The number of pyridine rings is 1. The standard InChI is InChI=1S/C19H21N3O4/c1-3-10-25-19(24)17-12(2)16-14(7-4-8-15(16)26-17)21-22-18(23)13-6-5-9-20-11-13/h5-6,9,11H,3-4,7-8,10H2,1-2H3,(H,22,23)/b21-14+. The molecule has 136 valence electrons. The highest BCUT2D eigenvalue weighted by Crippen LogP contribution is 2.30. The SMILES string of the molecule is CCCOC(=O)c1oc2c(c1C)/C(=N/NC(=O)c1cccnc1)CCC2. The summed E-state index contributed by atoms with van der Waals surface area (Å²) >= 11 is 0. The van der Waals surface area contributed by atoms with Crippen molar-refractivity contribution in [3.63, 3.8) is 0 Å². The third-order valence-electron chi connectivity index (χ3n) is 4.16. The van der Waals surface area contributed by atoms with Gasteiger partial charge in [0.2, 0.25) is 5.76 Å². The Morgan fingerprint density at radius 2 is 2.23 bits per heavy atom. The summed E-state index contributed by atoms with van der Waals surface area (Å²) in [4.78, 5) is 28.2. The van der Waals surface area contributed by atoms with Crippen LogP contribution < -0.4 is 5.43 Å². The van der Waals surface area contributed by atoms with E-state index in [1.807, 2.05) is 13.8 Å². The predicted octanol–water partition coefficient (Wildman–Crippen LogP) is 3.02. The maximum Gasteiger partial charge on any atom is 0.374 e. The van der Waals surface area contributed by atoms with Crippen LogP contribution in [0, 0.1) is 6.92 Å². The van der Waals surface area contributed by atoms with Crippen molar-refractivity contribution in [2.24, 2.45) is 5.10 Å². The molecule has 0 atom stereocenters. The molecule has 0 spiro atoms. The number of hydrazone groups is 1. The lowest BCUT2D eigenvalue weighted by Gasteiger charge is -2.13. The fraction of sp³-hybridized carbons (Fsp3) is 0.368. The second kappa shape index (κ2) is 7.95. The highest BCUT2D eigenvalue weighted by atomic mass is 16.5. The second-order valence-corrected chi connectivity index (χ2v) is 6.08. The molecule has 1 amide bonds. The molecule has 1 aliphatic rings. The van der Waals surface area contributed by atoms with Gasteiger partial charge in [-0.3, -0.25) is 9.78 Å². The van der Waals surface area contributed by atoms with Crippen molar-refractivity contribution >= 4 is 17.6 Å². The third-order valence-corrected chi connectivity index (χ3v) is 4.16. The van der Waals surface area contributed by atoms with E-state index in [9.17, 15) is 9.59 Å². The molecule has 1 aliphatic carbocycles. The topological polar surface area (TPSA) is 93.8 Å². The first-order valence-electron chi connectivity index (χ1n) is 8.68. The summed E-state index contributed by atoms with van der Waals surface area (Å²) in [5.74, 6) is 0.141. The second-order valence-electron chi connectivity index (χ2n) is 6.08. The fourth-order valence-corrected chi connectivity index (χ4v) is 2.91. The Bertz CT molecular complexity index is 840. The number of carbonyl (C=O) groups excluding carboxylic acids is 2. The number of hydrogen-bond acceptors (Lipinski definition) is 6. The molecule has 7 heteroatoms. The van der Waals surface area contributed by atoms with E-state index in [1.54, 1.807) is 18.3 Å². The van der Waals surface area contributed by atoms with Crippen LogP contribution >= 0.6 is 0 Å². The predicted molar refractivity (Wildman–Crippen MR) is 95.2 cm³/mol. The van der Waals surface area contributed by atoms with E-state index in [4.69, 9.17) is 9.15 Å². The van der Waals surface area contributed by atoms with Crippen LogP contribution in [0.1, 0.15) is 64.0 Å². The molecule has 0 aromatic carbocycles. The van der Waals surface area contributed by atoms with E-state index in [1.165, 1.54) is 6.20 Å². The van der Waals surface area contributed by atoms with E-state index in [2.05, 4.69) is 15.5 Å². The summed E-state index contributed by atoms with van der Waals surface area (Å²) < 4.78 is 10.9. The first-order valence-corrected chi connectivity index (χ1v) is 8.68. The molecule has 2 aromatic rings. The van der Waals surface area contributed by atoms with Crippen LogP contribution in [0.15, 0.2) is 34.0 Å². The van der Waals surface area contributed by atoms with Crippen LogP contribution in [0.2, 0.25) is 0 Å². The number of aromatic nitrogens is 1. The summed E-state index contributed by atoms with van der Waals surface area (Å²) in [6.07, 6.45) is 6.09. The summed E-state index contributed by atoms with van der Waals surface area (Å²) in [7, 11) is 0. The molecule has 1 N–H and O–H groups in total. The van der Waals surface area contributed by atoms with Crippen molar-refractivity contribution in [3.8, 4) is 0 Å². The average Bonchev–Trinajstić information content (AvgIpc) is 3.02. The lowest BCUT2D eigenvalue weighted by Crippen LogP contribution is -2.22. The lowest BCUT2D eigenvalue weighted by atomic mass is 9.93. The maximum atomic E-state index is 12.2. The largest absolute Gasteiger partial charge is 0.460 e. The number of amides is 1. The number of carbonyl (C=O) groups is 2. The Kier molecular flexibility index (Phi) is 5.46. The summed E-state index contributed by atoms with van der Waals surface area (Å²) in [6.45, 7) is 4.10. The van der Waals surface area contributed by atoms with Gasteiger partial charge in [-0.2, -0.15) is 5.10 Å². The van der Waals surface area contributed by atoms with E-state index in [-0.39, 0.29) is 11.7 Å². The quantitative estimate of drug-likeness (QED) is 0.657. The molecule has 7 nitrogen and oxygen atoms in total. The Hall–Kier alpha value is -2.96. The van der Waals surface area contributed by atoms with Gasteiger partial charge in [0.1, 0.15) is 5.76 Å². The molecule has 2 aromatic heterocycles. The van der Waals surface area contributed by atoms with Gasteiger partial charge < -0.3 is 9.15 Å². The van der Waals surface area contributed by atoms with Gasteiger partial charge >= 0.3 is 5.97 Å². The number of aryl methyl sites for hydroxylation is 1. The average molecular weight is 355 g/mol. The zero-order valence-electron chi connectivity index (χ0n) is 14.9. The minimum atomic E-state index is -0.461. The van der Waals surface area contributed by atoms with Crippen molar-refractivity contribution < 1.29 is 18.7 Å². The van der Waals surface area contributed by atoms with Gasteiger partial charge in [0.25, 0.3) is 5.91 Å². The molecule has 0 saturated carbocycles. The Balaban J connectivity index is 1.83. The highest BCUT2D eigenvalue weighted by molar-refractivity contribution is 6.06. The molecule has 0 unspecified atom stereocenters. The van der Waals surface area contributed by atoms with E-state index in [0.29, 0.717) is 35.6 Å². The zero-order valence-corrected chi connectivity index (χ0v) is 14.9. The normalized spacial score (nSPS) is 14.8. The Labute approximate surface area is 151 Å². The maximum absolute atomic E-state index is 12.2.